The number of amides is 2. The van der Waals surface area contributed by atoms with E-state index in [4.69, 9.17) is 4.74 Å². The minimum Gasteiger partial charge on any atom is -0.453 e. The van der Waals surface area contributed by atoms with Gasteiger partial charge in [0.05, 0.1) is 10.2 Å². The molecule has 2 amide bonds. The lowest BCUT2D eigenvalue weighted by molar-refractivity contribution is -0.129. The average Bonchev–Trinajstić information content (AvgIpc) is 3.43. The van der Waals surface area contributed by atoms with Crippen LogP contribution in [0.2, 0.25) is 0 Å². The summed E-state index contributed by atoms with van der Waals surface area (Å²) in [6.07, 6.45) is 2.01. The molecule has 6 nitrogen and oxygen atoms in total. The molecule has 1 aliphatic rings. The maximum atomic E-state index is 14.7. The van der Waals surface area contributed by atoms with Gasteiger partial charge in [-0.15, -0.1) is 11.3 Å². The molecule has 5 rings (SSSR count). The number of nitrogens with zero attached hydrogens (tertiary/aromatic N) is 2. The molecule has 1 fully saturated rings. The van der Waals surface area contributed by atoms with Crippen LogP contribution in [0.5, 0.6) is 11.5 Å². The maximum absolute atomic E-state index is 14.7. The van der Waals surface area contributed by atoms with Crippen molar-refractivity contribution in [3.8, 4) is 11.5 Å². The number of rotatable bonds is 5. The Hall–Kier alpha value is -3.78. The van der Waals surface area contributed by atoms with E-state index in [0.717, 1.165) is 15.9 Å². The van der Waals surface area contributed by atoms with Crippen LogP contribution >= 0.6 is 11.3 Å². The molecule has 0 radical (unpaired) electrons. The molecule has 32 heavy (non-hydrogen) atoms. The van der Waals surface area contributed by atoms with Crippen LogP contribution in [0.3, 0.4) is 0 Å². The zero-order valence-corrected chi connectivity index (χ0v) is 17.6. The van der Waals surface area contributed by atoms with Crippen molar-refractivity contribution in [1.29, 1.82) is 0 Å². The average molecular weight is 447 g/mol. The number of carbonyl (C=O) groups excluding carboxylic acids is 2. The quantitative estimate of drug-likeness (QED) is 0.426. The number of para-hydroxylation sites is 1. The zero-order valence-electron chi connectivity index (χ0n) is 16.8. The number of anilines is 2. The molecule has 1 saturated heterocycles. The van der Waals surface area contributed by atoms with Crippen LogP contribution in [0, 0.1) is 11.7 Å². The van der Waals surface area contributed by atoms with E-state index in [1.807, 2.05) is 41.8 Å². The predicted octanol–water partition coefficient (Wildman–Crippen LogP) is 5.22. The molecular weight excluding hydrogens is 429 g/mol. The third kappa shape index (κ3) is 3.80. The number of ether oxygens (including phenoxy) is 1. The smallest absolute Gasteiger partial charge is 0.239 e. The van der Waals surface area contributed by atoms with Gasteiger partial charge in [0.2, 0.25) is 11.8 Å². The Labute approximate surface area is 187 Å². The largest absolute Gasteiger partial charge is 0.453 e. The van der Waals surface area contributed by atoms with Gasteiger partial charge in [0.25, 0.3) is 0 Å². The van der Waals surface area contributed by atoms with Crippen LogP contribution in [0.1, 0.15) is 6.42 Å². The molecule has 1 atom stereocenters. The summed E-state index contributed by atoms with van der Waals surface area (Å²) in [5, 5.41) is 4.55. The van der Waals surface area contributed by atoms with E-state index in [1.165, 1.54) is 23.5 Å². The summed E-state index contributed by atoms with van der Waals surface area (Å²) in [6, 6.07) is 17.0. The van der Waals surface area contributed by atoms with Gasteiger partial charge in [-0.05, 0) is 42.1 Å². The summed E-state index contributed by atoms with van der Waals surface area (Å²) in [6.45, 7) is 0.463. The second-order valence-electron chi connectivity index (χ2n) is 7.35. The first-order valence-electron chi connectivity index (χ1n) is 10.1. The van der Waals surface area contributed by atoms with Gasteiger partial charge < -0.3 is 15.0 Å². The fourth-order valence-corrected chi connectivity index (χ4v) is 4.53. The molecule has 0 bridgehead atoms. The molecule has 3 heterocycles. The van der Waals surface area contributed by atoms with E-state index in [2.05, 4.69) is 10.3 Å². The zero-order chi connectivity index (χ0) is 22.1. The second kappa shape index (κ2) is 8.39. The Morgan fingerprint density at radius 2 is 1.97 bits per heavy atom. The summed E-state index contributed by atoms with van der Waals surface area (Å²) in [4.78, 5) is 31.2. The number of nitrogens with one attached hydrogen (secondary N) is 1. The number of benzene rings is 2. The molecule has 1 N–H and O–H groups in total. The summed E-state index contributed by atoms with van der Waals surface area (Å²) in [5.41, 5.74) is 1.81. The number of aromatic nitrogens is 1. The molecular formula is C24H18FN3O3S. The highest BCUT2D eigenvalue weighted by molar-refractivity contribution is 7.17. The number of hydrogen-bond donors (Lipinski definition) is 1. The third-order valence-corrected chi connectivity index (χ3v) is 6.24. The maximum Gasteiger partial charge on any atom is 0.239 e. The fraction of sp³-hybridized carbons (Fsp3) is 0.125. The first kappa shape index (κ1) is 20.1. The number of pyridine rings is 1. The Morgan fingerprint density at radius 3 is 2.78 bits per heavy atom. The highest BCUT2D eigenvalue weighted by Gasteiger charge is 2.37. The van der Waals surface area contributed by atoms with Crippen LogP contribution in [0.25, 0.3) is 10.2 Å². The van der Waals surface area contributed by atoms with E-state index < -0.39 is 17.6 Å². The summed E-state index contributed by atoms with van der Waals surface area (Å²) in [7, 11) is 0. The minimum absolute atomic E-state index is 0.0381. The van der Waals surface area contributed by atoms with Gasteiger partial charge in [-0.3, -0.25) is 14.6 Å². The van der Waals surface area contributed by atoms with E-state index >= 15 is 0 Å². The summed E-state index contributed by atoms with van der Waals surface area (Å²) in [5.74, 6) is -1.58. The molecule has 1 unspecified atom stereocenters. The van der Waals surface area contributed by atoms with E-state index in [-0.39, 0.29) is 17.3 Å². The van der Waals surface area contributed by atoms with Crippen LogP contribution in [0.15, 0.2) is 72.2 Å². The fourth-order valence-electron chi connectivity index (χ4n) is 3.73. The highest BCUT2D eigenvalue weighted by atomic mass is 32.1. The van der Waals surface area contributed by atoms with Crippen molar-refractivity contribution in [3.05, 3.63) is 78.1 Å². The Balaban J connectivity index is 1.28. The number of thiophene rings is 1. The van der Waals surface area contributed by atoms with E-state index in [0.29, 0.717) is 18.7 Å². The lowest BCUT2D eigenvalue weighted by Crippen LogP contribution is -2.33. The van der Waals surface area contributed by atoms with Crippen LogP contribution < -0.4 is 15.0 Å². The molecule has 8 heteroatoms. The van der Waals surface area contributed by atoms with Crippen molar-refractivity contribution < 1.29 is 18.7 Å². The highest BCUT2D eigenvalue weighted by Crippen LogP contribution is 2.34. The Kier molecular flexibility index (Phi) is 5.28. The van der Waals surface area contributed by atoms with Gasteiger partial charge >= 0.3 is 0 Å². The van der Waals surface area contributed by atoms with Crippen molar-refractivity contribution in [3.63, 3.8) is 0 Å². The minimum atomic E-state index is -0.807. The molecule has 4 aromatic rings. The Morgan fingerprint density at radius 1 is 1.12 bits per heavy atom. The standard InChI is InChI=1S/C24H18FN3O3S/c25-18-14-15(6-7-20(18)31-21-8-11-26-19-10-13-32-22(19)21)27-23(29)17-9-12-28(24(17)30)16-4-2-1-3-5-16/h1-8,10-11,13-14,17H,9,12H2,(H,27,29). The number of hydrogen-bond acceptors (Lipinski definition) is 5. The van der Waals surface area contributed by atoms with Gasteiger partial charge in [-0.2, -0.15) is 0 Å². The topological polar surface area (TPSA) is 71.5 Å². The molecule has 1 aliphatic heterocycles. The van der Waals surface area contributed by atoms with Gasteiger partial charge in [0.1, 0.15) is 11.7 Å². The van der Waals surface area contributed by atoms with Gasteiger partial charge in [-0.25, -0.2) is 4.39 Å². The van der Waals surface area contributed by atoms with Gasteiger partial charge in [-0.1, -0.05) is 18.2 Å². The number of fused-ring (bicyclic) bond motifs is 1. The van der Waals surface area contributed by atoms with Crippen molar-refractivity contribution in [2.45, 2.75) is 6.42 Å². The monoisotopic (exact) mass is 447 g/mol. The van der Waals surface area contributed by atoms with Crippen molar-refractivity contribution in [2.24, 2.45) is 5.92 Å². The molecule has 0 saturated carbocycles. The molecule has 160 valence electrons. The summed E-state index contributed by atoms with van der Waals surface area (Å²) >= 11 is 1.46. The van der Waals surface area contributed by atoms with Crippen molar-refractivity contribution >= 4 is 44.7 Å². The van der Waals surface area contributed by atoms with Crippen LogP contribution in [-0.4, -0.2) is 23.3 Å². The van der Waals surface area contributed by atoms with Crippen molar-refractivity contribution in [1.82, 2.24) is 4.98 Å². The number of halogens is 1. The molecule has 0 spiro atoms. The van der Waals surface area contributed by atoms with Gasteiger partial charge in [0.15, 0.2) is 11.6 Å². The lowest BCUT2D eigenvalue weighted by Gasteiger charge is -2.16. The normalized spacial score (nSPS) is 15.8. The predicted molar refractivity (Wildman–Crippen MR) is 122 cm³/mol. The molecule has 2 aromatic heterocycles. The first-order valence-corrected chi connectivity index (χ1v) is 10.9. The Bertz CT molecular complexity index is 1310. The van der Waals surface area contributed by atoms with E-state index in [9.17, 15) is 14.0 Å². The van der Waals surface area contributed by atoms with E-state index in [1.54, 1.807) is 23.2 Å². The first-order chi connectivity index (χ1) is 15.6. The van der Waals surface area contributed by atoms with Crippen LogP contribution in [0.4, 0.5) is 15.8 Å². The number of carbonyl (C=O) groups is 2. The van der Waals surface area contributed by atoms with Gasteiger partial charge in [0, 0.05) is 36.2 Å². The third-order valence-electron chi connectivity index (χ3n) is 5.32. The van der Waals surface area contributed by atoms with Crippen LogP contribution in [-0.2, 0) is 9.59 Å². The SMILES string of the molecule is O=C(Nc1ccc(Oc2ccnc3ccsc23)c(F)c1)C1CCN(c2ccccc2)C1=O. The lowest BCUT2D eigenvalue weighted by atomic mass is 10.1. The second-order valence-corrected chi connectivity index (χ2v) is 8.26. The molecule has 2 aromatic carbocycles. The van der Waals surface area contributed by atoms with Crippen molar-refractivity contribution in [2.75, 3.05) is 16.8 Å². The summed E-state index contributed by atoms with van der Waals surface area (Å²) < 4.78 is 21.3. The molecule has 0 aliphatic carbocycles.